The second-order valence-corrected chi connectivity index (χ2v) is 6.07. The van der Waals surface area contributed by atoms with E-state index in [1.807, 2.05) is 18.7 Å². The Morgan fingerprint density at radius 1 is 1.09 bits per heavy atom. The highest BCUT2D eigenvalue weighted by atomic mass is 16.2. The summed E-state index contributed by atoms with van der Waals surface area (Å²) in [6.07, 6.45) is 3.79. The van der Waals surface area contributed by atoms with E-state index in [1.165, 1.54) is 0 Å². The van der Waals surface area contributed by atoms with E-state index in [4.69, 9.17) is 0 Å². The third kappa shape index (κ3) is 10.4. The van der Waals surface area contributed by atoms with E-state index >= 15 is 0 Å². The van der Waals surface area contributed by atoms with Crippen molar-refractivity contribution < 1.29 is 9.59 Å². The van der Waals surface area contributed by atoms with Gasteiger partial charge in [0.05, 0.1) is 6.54 Å². The van der Waals surface area contributed by atoms with Gasteiger partial charge in [0.1, 0.15) is 5.78 Å². The smallest absolute Gasteiger partial charge is 0.236 e. The summed E-state index contributed by atoms with van der Waals surface area (Å²) in [5.74, 6) is 0.491. The first kappa shape index (κ1) is 22.1. The Hall–Kier alpha value is -0.940. The van der Waals surface area contributed by atoms with Gasteiger partial charge in [0, 0.05) is 38.6 Å². The lowest BCUT2D eigenvalue weighted by atomic mass is 10.2. The van der Waals surface area contributed by atoms with Gasteiger partial charge >= 0.3 is 0 Å². The molecule has 1 unspecified atom stereocenters. The summed E-state index contributed by atoms with van der Waals surface area (Å²) in [4.78, 5) is 27.3. The molecule has 0 saturated carbocycles. The van der Waals surface area contributed by atoms with Crippen LogP contribution in [0.4, 0.5) is 0 Å². The van der Waals surface area contributed by atoms with Gasteiger partial charge in [-0.3, -0.25) is 9.69 Å². The number of nitrogens with zero attached hydrogens (tertiary/aromatic N) is 2. The first-order valence-corrected chi connectivity index (χ1v) is 9.26. The molecule has 1 fully saturated rings. The quantitative estimate of drug-likeness (QED) is 0.660. The number of hydrogen-bond donors (Lipinski definition) is 1. The Morgan fingerprint density at radius 2 is 1.70 bits per heavy atom. The third-order valence-electron chi connectivity index (χ3n) is 4.19. The van der Waals surface area contributed by atoms with Crippen LogP contribution < -0.4 is 5.32 Å². The van der Waals surface area contributed by atoms with E-state index in [0.29, 0.717) is 19.0 Å². The normalized spacial score (nSPS) is 16.5. The van der Waals surface area contributed by atoms with E-state index in [9.17, 15) is 9.59 Å². The van der Waals surface area contributed by atoms with E-state index in [1.54, 1.807) is 6.92 Å². The van der Waals surface area contributed by atoms with Crippen molar-refractivity contribution in [3.05, 3.63) is 0 Å². The number of carbonyl (C=O) groups excluding carboxylic acids is 2. The maximum Gasteiger partial charge on any atom is 0.236 e. The Kier molecular flexibility index (Phi) is 12.9. The average molecular weight is 328 g/mol. The largest absolute Gasteiger partial charge is 0.339 e. The summed E-state index contributed by atoms with van der Waals surface area (Å²) in [7, 11) is 0. The van der Waals surface area contributed by atoms with Crippen molar-refractivity contribution in [3.63, 3.8) is 0 Å². The fourth-order valence-corrected chi connectivity index (χ4v) is 2.45. The molecule has 1 amide bonds. The fourth-order valence-electron chi connectivity index (χ4n) is 2.45. The summed E-state index contributed by atoms with van der Waals surface area (Å²) in [6.45, 7) is 14.9. The number of Topliss-reactive ketones (excluding diaryl/α,β-unsaturated/α-hetero) is 1. The second-order valence-electron chi connectivity index (χ2n) is 6.07. The molecule has 5 heteroatoms. The maximum absolute atomic E-state index is 12.1. The minimum absolute atomic E-state index is 0.214. The van der Waals surface area contributed by atoms with Crippen molar-refractivity contribution in [1.82, 2.24) is 15.1 Å². The van der Waals surface area contributed by atoms with Gasteiger partial charge < -0.3 is 15.0 Å². The van der Waals surface area contributed by atoms with E-state index in [-0.39, 0.29) is 11.7 Å². The molecule has 0 spiro atoms. The summed E-state index contributed by atoms with van der Waals surface area (Å²) in [5.41, 5.74) is 0. The zero-order valence-corrected chi connectivity index (χ0v) is 15.9. The molecule has 1 N–H and O–H groups in total. The van der Waals surface area contributed by atoms with Crippen LogP contribution in [0.5, 0.6) is 0 Å². The Morgan fingerprint density at radius 3 is 2.22 bits per heavy atom. The van der Waals surface area contributed by atoms with Gasteiger partial charge in [0.15, 0.2) is 0 Å². The number of ketones is 1. The molecule has 0 aromatic heterocycles. The number of carbonyl (C=O) groups is 2. The van der Waals surface area contributed by atoms with Gasteiger partial charge in [-0.25, -0.2) is 0 Å². The van der Waals surface area contributed by atoms with Gasteiger partial charge in [0.25, 0.3) is 0 Å². The molecule has 1 saturated heterocycles. The lowest BCUT2D eigenvalue weighted by Gasteiger charge is -2.35. The number of unbranched alkanes of at least 4 members (excludes halogenated alkanes) is 1. The minimum Gasteiger partial charge on any atom is -0.339 e. The van der Waals surface area contributed by atoms with Crippen molar-refractivity contribution in [3.8, 4) is 0 Å². The van der Waals surface area contributed by atoms with Crippen molar-refractivity contribution in [2.75, 3.05) is 39.3 Å². The lowest BCUT2D eigenvalue weighted by Crippen LogP contribution is -2.51. The van der Waals surface area contributed by atoms with Crippen LogP contribution in [0.1, 0.15) is 60.3 Å². The zero-order chi connectivity index (χ0) is 17.7. The standard InChI is InChI=1S/C16H31N3O2.C2H6/c1-4-14(2)17-13-16(21)19-11-9-18(10-12-19)8-6-5-7-15(3)20;1-2/h14,17H,4-13H2,1-3H3;1-2H3. The molecule has 1 rings (SSSR count). The molecule has 0 aliphatic carbocycles. The number of rotatable bonds is 9. The summed E-state index contributed by atoms with van der Waals surface area (Å²) in [6, 6.07) is 0.400. The van der Waals surface area contributed by atoms with Crippen molar-refractivity contribution >= 4 is 11.7 Å². The van der Waals surface area contributed by atoms with Crippen LogP contribution in [0.25, 0.3) is 0 Å². The topological polar surface area (TPSA) is 52.7 Å². The molecular weight excluding hydrogens is 290 g/mol. The number of piperazine rings is 1. The molecule has 1 atom stereocenters. The molecule has 136 valence electrons. The van der Waals surface area contributed by atoms with E-state index in [2.05, 4.69) is 24.1 Å². The summed E-state index contributed by atoms with van der Waals surface area (Å²) in [5, 5.41) is 3.26. The Balaban J connectivity index is 0.00000232. The van der Waals surface area contributed by atoms with Gasteiger partial charge in [0.2, 0.25) is 5.91 Å². The highest BCUT2D eigenvalue weighted by Gasteiger charge is 2.20. The van der Waals surface area contributed by atoms with Crippen LogP contribution in [-0.2, 0) is 9.59 Å². The predicted octanol–water partition coefficient (Wildman–Crippen LogP) is 2.30. The van der Waals surface area contributed by atoms with Crippen LogP contribution >= 0.6 is 0 Å². The molecule has 0 bridgehead atoms. The van der Waals surface area contributed by atoms with E-state index < -0.39 is 0 Å². The Labute approximate surface area is 142 Å². The molecule has 1 heterocycles. The number of nitrogens with one attached hydrogen (secondary N) is 1. The molecule has 5 nitrogen and oxygen atoms in total. The fraction of sp³-hybridized carbons (Fsp3) is 0.889. The lowest BCUT2D eigenvalue weighted by molar-refractivity contribution is -0.132. The van der Waals surface area contributed by atoms with Crippen LogP contribution in [0.2, 0.25) is 0 Å². The second kappa shape index (κ2) is 13.5. The number of hydrogen-bond acceptors (Lipinski definition) is 4. The SMILES string of the molecule is CC.CCC(C)NCC(=O)N1CCN(CCCCC(C)=O)CC1. The molecule has 0 radical (unpaired) electrons. The zero-order valence-electron chi connectivity index (χ0n) is 15.9. The predicted molar refractivity (Wildman–Crippen MR) is 96.7 cm³/mol. The van der Waals surface area contributed by atoms with Gasteiger partial charge in [-0.05, 0) is 39.7 Å². The third-order valence-corrected chi connectivity index (χ3v) is 4.19. The molecule has 0 aromatic carbocycles. The van der Waals surface area contributed by atoms with E-state index in [0.717, 1.165) is 52.0 Å². The monoisotopic (exact) mass is 327 g/mol. The van der Waals surface area contributed by atoms with Crippen molar-refractivity contribution in [2.45, 2.75) is 66.3 Å². The first-order chi connectivity index (χ1) is 11.0. The van der Waals surface area contributed by atoms with Crippen LogP contribution in [0.15, 0.2) is 0 Å². The van der Waals surface area contributed by atoms with Crippen molar-refractivity contribution in [2.24, 2.45) is 0 Å². The van der Waals surface area contributed by atoms with Crippen molar-refractivity contribution in [1.29, 1.82) is 0 Å². The number of amides is 1. The van der Waals surface area contributed by atoms with Gasteiger partial charge in [-0.1, -0.05) is 20.8 Å². The molecule has 0 aromatic rings. The minimum atomic E-state index is 0.214. The molecule has 1 aliphatic heterocycles. The highest BCUT2D eigenvalue weighted by Crippen LogP contribution is 2.05. The van der Waals surface area contributed by atoms with Crippen LogP contribution in [0.3, 0.4) is 0 Å². The van der Waals surface area contributed by atoms with Crippen LogP contribution in [-0.4, -0.2) is 66.8 Å². The molecule has 1 aliphatic rings. The summed E-state index contributed by atoms with van der Waals surface area (Å²) < 4.78 is 0. The van der Waals surface area contributed by atoms with Gasteiger partial charge in [-0.15, -0.1) is 0 Å². The van der Waals surface area contributed by atoms with Crippen LogP contribution in [0, 0.1) is 0 Å². The maximum atomic E-state index is 12.1. The average Bonchev–Trinajstić information content (AvgIpc) is 2.58. The molecular formula is C18H37N3O2. The summed E-state index contributed by atoms with van der Waals surface area (Å²) >= 11 is 0. The first-order valence-electron chi connectivity index (χ1n) is 9.26. The Bertz CT molecular complexity index is 326. The highest BCUT2D eigenvalue weighted by molar-refractivity contribution is 5.78. The van der Waals surface area contributed by atoms with Gasteiger partial charge in [-0.2, -0.15) is 0 Å². The molecule has 23 heavy (non-hydrogen) atoms.